The summed E-state index contributed by atoms with van der Waals surface area (Å²) in [6, 6.07) is 31.6. The Morgan fingerprint density at radius 1 is 0.193 bits per heavy atom. The van der Waals surface area contributed by atoms with Gasteiger partial charge in [0.05, 0.1) is 22.6 Å². The Morgan fingerprint density at radius 2 is 0.318 bits per heavy atom. The smallest absolute Gasteiger partial charge is 0.210 e. The third-order valence-corrected chi connectivity index (χ3v) is 12.6. The van der Waals surface area contributed by atoms with Crippen molar-refractivity contribution in [3.05, 3.63) is 228 Å². The van der Waals surface area contributed by atoms with Crippen molar-refractivity contribution in [2.45, 2.75) is 49.4 Å². The lowest BCUT2D eigenvalue weighted by Crippen LogP contribution is -2.81. The highest BCUT2D eigenvalue weighted by atomic mass is 19.4. The van der Waals surface area contributed by atoms with Crippen LogP contribution in [0, 0.1) is 75.7 Å². The van der Waals surface area contributed by atoms with Gasteiger partial charge in [-0.2, -0.15) is 105 Å². The first kappa shape index (κ1) is 69.1. The lowest BCUT2D eigenvalue weighted by molar-refractivity contribution is -0.152. The van der Waals surface area contributed by atoms with E-state index in [9.17, 15) is 105 Å². The number of hydrogen-bond acceptors (Lipinski definition) is 0. The van der Waals surface area contributed by atoms with Crippen LogP contribution in [-0.2, 0) is 49.4 Å². The number of benzene rings is 7. The number of halogens is 36. The summed E-state index contributed by atoms with van der Waals surface area (Å²) >= 11 is 0. The molecule has 0 fully saturated rings. The lowest BCUT2D eigenvalue weighted by atomic mass is 9.12. The van der Waals surface area contributed by atoms with Gasteiger partial charge >= 0.3 is 49.4 Å². The molecule has 0 radical (unpaired) electrons. The predicted molar refractivity (Wildman–Crippen MR) is 229 cm³/mol. The van der Waals surface area contributed by atoms with Crippen molar-refractivity contribution in [1.29, 1.82) is 0 Å². The van der Waals surface area contributed by atoms with E-state index in [1.165, 1.54) is 22.6 Å². The van der Waals surface area contributed by atoms with Crippen LogP contribution in [-0.4, -0.2) is 6.15 Å². The van der Waals surface area contributed by atoms with Gasteiger partial charge in [0.2, 0.25) is 0 Å². The number of alkyl halides is 24. The molecule has 7 aromatic rings. The second-order valence-corrected chi connectivity index (χ2v) is 17.7. The zero-order valence-corrected chi connectivity index (χ0v) is 40.8. The van der Waals surface area contributed by atoms with Crippen LogP contribution in [0.3, 0.4) is 0 Å². The maximum absolute atomic E-state index is 16.6. The molecule has 0 aliphatic heterocycles. The first-order valence-corrected chi connectivity index (χ1v) is 22.4. The summed E-state index contributed by atoms with van der Waals surface area (Å²) in [5.41, 5.74) is -58.7. The van der Waals surface area contributed by atoms with E-state index in [1.807, 2.05) is 0 Å². The second-order valence-electron chi connectivity index (χ2n) is 17.7. The summed E-state index contributed by atoms with van der Waals surface area (Å²) < 4.78 is 536. The van der Waals surface area contributed by atoms with E-state index in [0.29, 0.717) is 0 Å². The van der Waals surface area contributed by atoms with E-state index in [1.54, 1.807) is 0 Å². The van der Waals surface area contributed by atoms with Gasteiger partial charge in [-0.05, 0) is 72.8 Å². The molecule has 0 atom stereocenters. The minimum atomic E-state index is -9.72. The maximum Gasteiger partial charge on any atom is 0.421 e. The second kappa shape index (κ2) is 22.8. The van der Waals surface area contributed by atoms with E-state index in [0.717, 1.165) is 0 Å². The van der Waals surface area contributed by atoms with Gasteiger partial charge in [0.1, 0.15) is 97.2 Å². The predicted octanol–water partition coefficient (Wildman–Crippen LogP) is 17.6. The van der Waals surface area contributed by atoms with Crippen molar-refractivity contribution in [2.75, 3.05) is 0 Å². The third kappa shape index (κ3) is 12.0. The molecule has 0 aliphatic rings. The highest BCUT2D eigenvalue weighted by Crippen LogP contribution is 2.49. The quantitative estimate of drug-likeness (QED) is 0.0646. The molecule has 0 aromatic heterocycles. The molecule has 0 heterocycles. The minimum Gasteiger partial charge on any atom is -0.210 e. The molecule has 0 spiro atoms. The lowest BCUT2D eigenvalue weighted by Gasteiger charge is -2.47. The van der Waals surface area contributed by atoms with Crippen LogP contribution in [0.25, 0.3) is 0 Å². The van der Waals surface area contributed by atoms with E-state index in [-0.39, 0.29) is 0 Å². The summed E-state index contributed by atoms with van der Waals surface area (Å²) in [5.74, 6) is -61.1. The zero-order valence-electron chi connectivity index (χ0n) is 40.8. The van der Waals surface area contributed by atoms with Crippen LogP contribution in [0.1, 0.15) is 61.2 Å². The van der Waals surface area contributed by atoms with Crippen molar-refractivity contribution in [2.24, 2.45) is 0 Å². The third-order valence-electron chi connectivity index (χ3n) is 12.6. The van der Waals surface area contributed by atoms with Gasteiger partial charge in [-0.15, -0.1) is 21.9 Å². The largest absolute Gasteiger partial charge is 0.421 e. The van der Waals surface area contributed by atoms with Crippen LogP contribution >= 0.6 is 0 Å². The van der Waals surface area contributed by atoms with E-state index < -0.39 is 192 Å². The van der Waals surface area contributed by atoms with Crippen molar-refractivity contribution in [3.8, 4) is 0 Å². The van der Waals surface area contributed by atoms with Crippen molar-refractivity contribution < 1.29 is 158 Å². The van der Waals surface area contributed by atoms with Crippen molar-refractivity contribution in [1.82, 2.24) is 0 Å². The monoisotopic (exact) mass is 1320 g/mol. The van der Waals surface area contributed by atoms with Crippen molar-refractivity contribution in [3.63, 3.8) is 0 Å². The number of rotatable bonds is 7. The summed E-state index contributed by atoms with van der Waals surface area (Å²) in [5, 5.41) is 0. The number of hydrogen-bond donors (Lipinski definition) is 0. The first-order chi connectivity index (χ1) is 39.8. The van der Waals surface area contributed by atoms with Crippen molar-refractivity contribution >= 4 is 28.0 Å². The van der Waals surface area contributed by atoms with Gasteiger partial charge in [-0.3, -0.25) is 0 Å². The van der Waals surface area contributed by atoms with Gasteiger partial charge in [0, 0.05) is 0 Å². The molecule has 37 heteroatoms. The van der Waals surface area contributed by atoms with E-state index >= 15 is 52.7 Å². The topological polar surface area (TPSA) is 0 Å². The first-order valence-electron chi connectivity index (χ1n) is 22.4. The molecule has 7 rings (SSSR count). The Bertz CT molecular complexity index is 3150. The Morgan fingerprint density at radius 3 is 0.432 bits per heavy atom. The Balaban J connectivity index is 0.000000544. The van der Waals surface area contributed by atoms with Crippen LogP contribution in [0.5, 0.6) is 0 Å². The molecule has 474 valence electrons. The van der Waals surface area contributed by atoms with Gasteiger partial charge in [0.15, 0.2) is 23.3 Å². The maximum atomic E-state index is 16.6. The van der Waals surface area contributed by atoms with Gasteiger partial charge in [0.25, 0.3) is 0 Å². The summed E-state index contributed by atoms with van der Waals surface area (Å²) in [6.45, 7) is 0. The molecule has 0 amide bonds. The van der Waals surface area contributed by atoms with Crippen LogP contribution in [0.2, 0.25) is 0 Å². The fourth-order valence-corrected chi connectivity index (χ4v) is 9.43. The summed E-state index contributed by atoms with van der Waals surface area (Å²) in [7, 11) is 0. The molecule has 0 unspecified atom stereocenters. The zero-order chi connectivity index (χ0) is 67.3. The molecule has 0 saturated heterocycles. The average molecular weight is 1320 g/mol. The highest BCUT2D eigenvalue weighted by Gasteiger charge is 2.61. The summed E-state index contributed by atoms with van der Waals surface area (Å²) in [4.78, 5) is 0. The molecular weight excluding hydrogens is 1310 g/mol. The molecule has 0 bridgehead atoms. The Labute approximate surface area is 463 Å². The van der Waals surface area contributed by atoms with E-state index in [2.05, 4.69) is 91.0 Å². The molecule has 7 aromatic carbocycles. The fraction of sp³-hybridized carbons (Fsp3) is 0.157. The Kier molecular flexibility index (Phi) is 17.9. The molecule has 0 N–H and O–H groups in total. The fourth-order valence-electron chi connectivity index (χ4n) is 9.43. The SMILES string of the molecule is Fc1c([B-](c2c(F)c(C(F)(F)F)c(F)c(C(F)(F)F)c2F)(c2c(F)c(C(F)(F)F)c(F)c(C(F)(F)F)c2F)c2c(F)c(C(F)(F)F)c(F)c(C(F)(F)F)c2F)c(F)c(C(F)(F)F)c(F)c1C(F)(F)F.c1ccc([C+](c2ccccc2)c2ccccc2)cc1. The van der Waals surface area contributed by atoms with Gasteiger partial charge in [-0.1, -0.05) is 18.2 Å². The van der Waals surface area contributed by atoms with Crippen LogP contribution in [0.4, 0.5) is 158 Å². The van der Waals surface area contributed by atoms with Gasteiger partial charge in [-0.25, -0.2) is 52.7 Å². The molecule has 0 aliphatic carbocycles. The standard InChI is InChI=1S/C32BF36.C19H15/c34-13-1(25(46,47)48)17(38)9(18(39)2(13)26(49,50)51)33(10-19(40)3(27(52,53)54)14(35)4(20(10)41)28(55,56)57,11-21(42)5(29(58,59)60)15(36)6(22(11)43)30(61,62)63)12-23(44)7(31(64,65)66)16(37)8(24(12)45)32(67,68)69;1-4-10-16(11-5-1)19(17-12-6-2-7-13-17)18-14-8-3-9-15-18/h;1-15H/q-1;+1. The molecular formula is C51H15BF36. The summed E-state index contributed by atoms with van der Waals surface area (Å²) in [6.07, 6.45) is -72.5. The molecule has 0 nitrogen and oxygen atoms in total. The van der Waals surface area contributed by atoms with Crippen LogP contribution < -0.4 is 21.9 Å². The van der Waals surface area contributed by atoms with Gasteiger partial charge < -0.3 is 0 Å². The molecule has 88 heavy (non-hydrogen) atoms. The Hall–Kier alpha value is -8.05. The molecule has 0 saturated carbocycles. The minimum absolute atomic E-state index is 1.25. The van der Waals surface area contributed by atoms with Crippen LogP contribution in [0.15, 0.2) is 91.0 Å². The highest BCUT2D eigenvalue weighted by molar-refractivity contribution is 7.20. The van der Waals surface area contributed by atoms with E-state index in [4.69, 9.17) is 0 Å². The normalized spacial score (nSPS) is 13.2. The average Bonchev–Trinajstić information content (AvgIpc) is 0.679.